The molecule has 1 amide bonds. The van der Waals surface area contributed by atoms with Gasteiger partial charge in [-0.25, -0.2) is 4.98 Å². The molecular formula is C32H40N8O. The molecule has 214 valence electrons. The monoisotopic (exact) mass is 552 g/mol. The Morgan fingerprint density at radius 3 is 2.71 bits per heavy atom. The molecular weight excluding hydrogens is 512 g/mol. The first-order valence-corrected chi connectivity index (χ1v) is 15.3. The van der Waals surface area contributed by atoms with Crippen LogP contribution in [0.3, 0.4) is 0 Å². The van der Waals surface area contributed by atoms with Crippen molar-refractivity contribution in [3.63, 3.8) is 0 Å². The van der Waals surface area contributed by atoms with Crippen LogP contribution in [0.1, 0.15) is 72.7 Å². The molecule has 1 saturated carbocycles. The molecule has 41 heavy (non-hydrogen) atoms. The van der Waals surface area contributed by atoms with E-state index in [9.17, 15) is 4.79 Å². The number of amides is 1. The van der Waals surface area contributed by atoms with Crippen LogP contribution in [0.2, 0.25) is 0 Å². The van der Waals surface area contributed by atoms with E-state index in [2.05, 4.69) is 43.4 Å². The van der Waals surface area contributed by atoms with E-state index in [0.717, 1.165) is 66.0 Å². The zero-order valence-electron chi connectivity index (χ0n) is 24.2. The van der Waals surface area contributed by atoms with Crippen LogP contribution in [-0.4, -0.2) is 61.3 Å². The van der Waals surface area contributed by atoms with E-state index in [1.165, 1.54) is 50.9 Å². The summed E-state index contributed by atoms with van der Waals surface area (Å²) in [7, 11) is 2.00. The number of imidazole rings is 1. The summed E-state index contributed by atoms with van der Waals surface area (Å²) in [6.07, 6.45) is 11.2. The minimum absolute atomic E-state index is 0.160. The molecule has 0 radical (unpaired) electrons. The Kier molecular flexibility index (Phi) is 6.98. The van der Waals surface area contributed by atoms with Gasteiger partial charge in [-0.2, -0.15) is 5.10 Å². The number of carbonyl (C=O) groups excluding carboxylic acids is 1. The first-order chi connectivity index (χ1) is 20.0. The van der Waals surface area contributed by atoms with Gasteiger partial charge in [0, 0.05) is 54.4 Å². The number of benzene rings is 1. The number of anilines is 2. The van der Waals surface area contributed by atoms with Crippen LogP contribution in [-0.2, 0) is 13.5 Å². The third kappa shape index (κ3) is 5.35. The molecule has 2 fully saturated rings. The van der Waals surface area contributed by atoms with Gasteiger partial charge in [0.2, 0.25) is 5.95 Å². The molecule has 1 unspecified atom stereocenters. The fourth-order valence-electron chi connectivity index (χ4n) is 6.79. The highest BCUT2D eigenvalue weighted by Crippen LogP contribution is 2.45. The smallest absolute Gasteiger partial charge is 0.258 e. The van der Waals surface area contributed by atoms with E-state index in [1.807, 2.05) is 37.0 Å². The van der Waals surface area contributed by atoms with Gasteiger partial charge < -0.3 is 14.8 Å². The van der Waals surface area contributed by atoms with Crippen molar-refractivity contribution in [3.05, 3.63) is 53.5 Å². The van der Waals surface area contributed by atoms with Crippen LogP contribution >= 0.6 is 0 Å². The normalized spacial score (nSPS) is 20.0. The lowest BCUT2D eigenvalue weighted by Gasteiger charge is -2.26. The van der Waals surface area contributed by atoms with Crippen LogP contribution in [0.5, 0.6) is 0 Å². The van der Waals surface area contributed by atoms with Crippen LogP contribution in [0.4, 0.5) is 11.6 Å². The number of hydrogen-bond donors (Lipinski definition) is 2. The molecule has 3 aromatic heterocycles. The summed E-state index contributed by atoms with van der Waals surface area (Å²) in [5, 5.41) is 11.4. The summed E-state index contributed by atoms with van der Waals surface area (Å²) in [4.78, 5) is 26.1. The minimum atomic E-state index is -0.160. The minimum Gasteiger partial charge on any atom is -0.384 e. The molecule has 2 N–H and O–H groups in total. The van der Waals surface area contributed by atoms with E-state index < -0.39 is 0 Å². The Balaban J connectivity index is 1.23. The third-order valence-electron chi connectivity index (χ3n) is 9.09. The Morgan fingerprint density at radius 2 is 1.88 bits per heavy atom. The molecule has 7 rings (SSSR count). The topological polar surface area (TPSA) is 92.9 Å². The highest BCUT2D eigenvalue weighted by atomic mass is 16.1. The maximum absolute atomic E-state index is 13.7. The molecule has 2 aliphatic heterocycles. The number of aryl methyl sites for hydroxylation is 2. The zero-order chi connectivity index (χ0) is 27.9. The summed E-state index contributed by atoms with van der Waals surface area (Å²) in [5.74, 6) is 1.08. The van der Waals surface area contributed by atoms with Gasteiger partial charge in [0.15, 0.2) is 0 Å². The quantitative estimate of drug-likeness (QED) is 0.336. The number of piperidine rings is 1. The van der Waals surface area contributed by atoms with E-state index in [0.29, 0.717) is 17.4 Å². The predicted octanol–water partition coefficient (Wildman–Crippen LogP) is 5.58. The van der Waals surface area contributed by atoms with Crippen molar-refractivity contribution in [1.29, 1.82) is 0 Å². The zero-order valence-corrected chi connectivity index (χ0v) is 24.2. The number of nitrogens with zero attached hydrogens (tertiary/aromatic N) is 6. The molecule has 1 atom stereocenters. The van der Waals surface area contributed by atoms with Crippen molar-refractivity contribution in [3.8, 4) is 11.3 Å². The average Bonchev–Trinajstić information content (AvgIpc) is 3.66. The van der Waals surface area contributed by atoms with Crippen LogP contribution in [0.25, 0.3) is 22.3 Å². The molecule has 9 nitrogen and oxygen atoms in total. The molecule has 4 aromatic rings. The highest BCUT2D eigenvalue weighted by molar-refractivity contribution is 6.05. The Morgan fingerprint density at radius 1 is 1.02 bits per heavy atom. The van der Waals surface area contributed by atoms with Crippen molar-refractivity contribution in [2.24, 2.45) is 13.0 Å². The van der Waals surface area contributed by atoms with Gasteiger partial charge in [0.25, 0.3) is 5.91 Å². The van der Waals surface area contributed by atoms with Gasteiger partial charge >= 0.3 is 0 Å². The SMILES string of the molecule is Cc1cc2cc(n1)-c1cnn(C)c1CCCC(C1CC1)n1c(nc3cc(NCCN4CCCCC4)ccc31)NC2=O. The second-order valence-corrected chi connectivity index (χ2v) is 12.1. The van der Waals surface area contributed by atoms with Crippen molar-refractivity contribution >= 4 is 28.6 Å². The van der Waals surface area contributed by atoms with E-state index >= 15 is 0 Å². The number of rotatable bonds is 5. The van der Waals surface area contributed by atoms with Crippen LogP contribution in [0.15, 0.2) is 36.5 Å². The van der Waals surface area contributed by atoms with Gasteiger partial charge in [0.05, 0.1) is 22.9 Å². The lowest BCUT2D eigenvalue weighted by Crippen LogP contribution is -2.33. The lowest BCUT2D eigenvalue weighted by atomic mass is 10.0. The number of pyridine rings is 1. The summed E-state index contributed by atoms with van der Waals surface area (Å²) < 4.78 is 4.28. The van der Waals surface area contributed by atoms with Gasteiger partial charge in [0.1, 0.15) is 0 Å². The fourth-order valence-corrected chi connectivity index (χ4v) is 6.79. The van der Waals surface area contributed by atoms with Gasteiger partial charge in [-0.1, -0.05) is 6.42 Å². The maximum atomic E-state index is 13.7. The average molecular weight is 553 g/mol. The molecule has 1 saturated heterocycles. The number of nitrogens with one attached hydrogen (secondary N) is 2. The highest BCUT2D eigenvalue weighted by Gasteiger charge is 2.35. The van der Waals surface area contributed by atoms with E-state index in [1.54, 1.807) is 0 Å². The number of fused-ring (bicyclic) bond motifs is 7. The predicted molar refractivity (Wildman–Crippen MR) is 162 cm³/mol. The second kappa shape index (κ2) is 10.9. The molecule has 9 heteroatoms. The Hall–Kier alpha value is -3.72. The maximum Gasteiger partial charge on any atom is 0.258 e. The summed E-state index contributed by atoms with van der Waals surface area (Å²) in [5.41, 5.74) is 7.45. The summed E-state index contributed by atoms with van der Waals surface area (Å²) in [6, 6.07) is 10.5. The number of likely N-dealkylation sites (tertiary alicyclic amines) is 1. The fraction of sp³-hybridized carbons (Fsp3) is 0.500. The largest absolute Gasteiger partial charge is 0.384 e. The summed E-state index contributed by atoms with van der Waals surface area (Å²) >= 11 is 0. The molecule has 3 aliphatic rings. The van der Waals surface area contributed by atoms with Gasteiger partial charge in [-0.05, 0) is 101 Å². The van der Waals surface area contributed by atoms with Crippen molar-refractivity contribution < 1.29 is 4.79 Å². The van der Waals surface area contributed by atoms with E-state index in [4.69, 9.17) is 9.97 Å². The standard InChI is InChI=1S/C32H40N8O/c1-21-17-23-18-26(35-21)25-20-34-38(2)29(25)8-6-7-28(22-9-10-22)40-30-12-11-24(19-27(30)36-32(40)37-31(23)41)33-13-16-39-14-4-3-5-15-39/h11-12,17-20,22,28,33H,3-10,13-16H2,1-2H3,(H,36,37,41). The summed E-state index contributed by atoms with van der Waals surface area (Å²) in [6.45, 7) is 6.32. The Labute approximate surface area is 241 Å². The number of aromatic nitrogens is 5. The van der Waals surface area contributed by atoms with Crippen molar-refractivity contribution in [2.75, 3.05) is 36.8 Å². The molecule has 1 aromatic carbocycles. The van der Waals surface area contributed by atoms with Crippen molar-refractivity contribution in [2.45, 2.75) is 64.3 Å². The van der Waals surface area contributed by atoms with Crippen LogP contribution < -0.4 is 10.6 Å². The third-order valence-corrected chi connectivity index (χ3v) is 9.09. The number of carbonyl (C=O) groups is 1. The molecule has 1 aliphatic carbocycles. The number of hydrogen-bond acceptors (Lipinski definition) is 6. The Bertz CT molecular complexity index is 1580. The lowest BCUT2D eigenvalue weighted by molar-refractivity contribution is 0.102. The molecule has 2 bridgehead atoms. The van der Waals surface area contributed by atoms with Gasteiger partial charge in [-0.15, -0.1) is 0 Å². The van der Waals surface area contributed by atoms with Gasteiger partial charge in [-0.3, -0.25) is 19.8 Å². The second-order valence-electron chi connectivity index (χ2n) is 12.1. The first kappa shape index (κ1) is 26.2. The first-order valence-electron chi connectivity index (χ1n) is 15.3. The van der Waals surface area contributed by atoms with E-state index in [-0.39, 0.29) is 11.9 Å². The molecule has 0 spiro atoms. The molecule has 5 heterocycles. The van der Waals surface area contributed by atoms with Crippen LogP contribution in [0, 0.1) is 12.8 Å². The van der Waals surface area contributed by atoms with Crippen molar-refractivity contribution in [1.82, 2.24) is 29.2 Å².